The van der Waals surface area contributed by atoms with Gasteiger partial charge in [0.1, 0.15) is 11.9 Å². The van der Waals surface area contributed by atoms with E-state index >= 15 is 0 Å². The second-order valence-electron chi connectivity index (χ2n) is 8.63. The zero-order valence-electron chi connectivity index (χ0n) is 17.8. The zero-order chi connectivity index (χ0) is 21.7. The lowest BCUT2D eigenvalue weighted by Crippen LogP contribution is -2.47. The van der Waals surface area contributed by atoms with Gasteiger partial charge in [0.25, 0.3) is 0 Å². The van der Waals surface area contributed by atoms with Gasteiger partial charge in [-0.25, -0.2) is 8.42 Å². The van der Waals surface area contributed by atoms with Crippen molar-refractivity contribution in [2.45, 2.75) is 62.6 Å². The van der Waals surface area contributed by atoms with Crippen LogP contribution in [0.3, 0.4) is 0 Å². The summed E-state index contributed by atoms with van der Waals surface area (Å²) in [6.45, 7) is 6.54. The van der Waals surface area contributed by atoms with Gasteiger partial charge in [0.15, 0.2) is 0 Å². The Bertz CT molecular complexity index is 807. The molecule has 1 amide bonds. The molecule has 0 spiro atoms. The van der Waals surface area contributed by atoms with Gasteiger partial charge < -0.3 is 21.1 Å². The molecule has 0 aliphatic carbocycles. The van der Waals surface area contributed by atoms with E-state index in [0.717, 1.165) is 25.9 Å². The average molecular weight is 439 g/mol. The van der Waals surface area contributed by atoms with Crippen molar-refractivity contribution in [3.8, 4) is 5.75 Å². The first kappa shape index (κ1) is 23.0. The van der Waals surface area contributed by atoms with Gasteiger partial charge in [-0.2, -0.15) is 4.31 Å². The molecule has 0 unspecified atom stereocenters. The molecule has 1 aromatic rings. The third-order valence-corrected chi connectivity index (χ3v) is 7.49. The molecule has 2 aliphatic heterocycles. The van der Waals surface area contributed by atoms with Gasteiger partial charge >= 0.3 is 0 Å². The quantitative estimate of drug-likeness (QED) is 0.559. The molecule has 0 saturated carbocycles. The molecule has 2 fully saturated rings. The molecular formula is C21H34N4O4S. The van der Waals surface area contributed by atoms with Crippen LogP contribution in [0.2, 0.25) is 0 Å². The first-order valence-corrected chi connectivity index (χ1v) is 12.2. The summed E-state index contributed by atoms with van der Waals surface area (Å²) >= 11 is 0. The number of hydrogen-bond acceptors (Lipinski definition) is 6. The summed E-state index contributed by atoms with van der Waals surface area (Å²) in [6, 6.07) is 5.84. The molecule has 8 nitrogen and oxygen atoms in total. The molecule has 0 bridgehead atoms. The number of hydrogen-bond donors (Lipinski definition) is 3. The molecule has 2 atom stereocenters. The molecule has 4 N–H and O–H groups in total. The highest BCUT2D eigenvalue weighted by Gasteiger charge is 2.34. The molecule has 0 radical (unpaired) electrons. The van der Waals surface area contributed by atoms with E-state index in [1.807, 2.05) is 13.8 Å². The van der Waals surface area contributed by atoms with Crippen molar-refractivity contribution in [3.63, 3.8) is 0 Å². The number of piperidine rings is 1. The molecule has 3 rings (SSSR count). The predicted molar refractivity (Wildman–Crippen MR) is 116 cm³/mol. The molecule has 30 heavy (non-hydrogen) atoms. The molecule has 2 aliphatic rings. The topological polar surface area (TPSA) is 114 Å². The Morgan fingerprint density at radius 1 is 1.23 bits per heavy atom. The summed E-state index contributed by atoms with van der Waals surface area (Å²) in [7, 11) is -3.61. The molecule has 2 heterocycles. The van der Waals surface area contributed by atoms with Crippen LogP contribution in [-0.2, 0) is 14.8 Å². The average Bonchev–Trinajstić information content (AvgIpc) is 3.18. The number of nitrogens with one attached hydrogen (secondary N) is 2. The van der Waals surface area contributed by atoms with Crippen LogP contribution in [0.25, 0.3) is 0 Å². The van der Waals surface area contributed by atoms with Crippen LogP contribution in [-0.4, -0.2) is 63.0 Å². The van der Waals surface area contributed by atoms with E-state index in [0.29, 0.717) is 31.1 Å². The number of rotatable bonds is 8. The van der Waals surface area contributed by atoms with Gasteiger partial charge in [-0.3, -0.25) is 4.79 Å². The van der Waals surface area contributed by atoms with Crippen LogP contribution in [0, 0.1) is 5.92 Å². The van der Waals surface area contributed by atoms with Crippen LogP contribution in [0.1, 0.15) is 39.5 Å². The molecule has 168 valence electrons. The SMILES string of the molecule is CC(C)C[C@H](N)C(=O)N[C@@H]1CCN(S(=O)(=O)c2ccc(OC3CCNCC3)cc2)C1. The fourth-order valence-electron chi connectivity index (χ4n) is 3.93. The summed E-state index contributed by atoms with van der Waals surface area (Å²) < 4.78 is 33.3. The lowest BCUT2D eigenvalue weighted by atomic mass is 10.0. The largest absolute Gasteiger partial charge is 0.490 e. The highest BCUT2D eigenvalue weighted by molar-refractivity contribution is 7.89. The second kappa shape index (κ2) is 10.1. The minimum atomic E-state index is -3.61. The van der Waals surface area contributed by atoms with Crippen LogP contribution in [0.15, 0.2) is 29.2 Å². The van der Waals surface area contributed by atoms with Gasteiger partial charge in [0.2, 0.25) is 15.9 Å². The van der Waals surface area contributed by atoms with Crippen molar-refractivity contribution < 1.29 is 17.9 Å². The predicted octanol–water partition coefficient (Wildman–Crippen LogP) is 1.07. The summed E-state index contributed by atoms with van der Waals surface area (Å²) in [5.41, 5.74) is 5.93. The Kier molecular flexibility index (Phi) is 7.73. The van der Waals surface area contributed by atoms with E-state index < -0.39 is 16.1 Å². The number of amides is 1. The maximum Gasteiger partial charge on any atom is 0.243 e. The zero-order valence-corrected chi connectivity index (χ0v) is 18.7. The minimum absolute atomic E-state index is 0.165. The summed E-state index contributed by atoms with van der Waals surface area (Å²) in [5, 5.41) is 6.19. The second-order valence-corrected chi connectivity index (χ2v) is 10.6. The summed E-state index contributed by atoms with van der Waals surface area (Å²) in [6.07, 6.45) is 3.24. The number of nitrogens with two attached hydrogens (primary N) is 1. The van der Waals surface area contributed by atoms with Crippen molar-refractivity contribution in [1.82, 2.24) is 14.9 Å². The molecule has 9 heteroatoms. The molecular weight excluding hydrogens is 404 g/mol. The Morgan fingerprint density at radius 3 is 2.53 bits per heavy atom. The number of ether oxygens (including phenoxy) is 1. The summed E-state index contributed by atoms with van der Waals surface area (Å²) in [4.78, 5) is 12.5. The van der Waals surface area contributed by atoms with E-state index in [9.17, 15) is 13.2 Å². The lowest BCUT2D eigenvalue weighted by molar-refractivity contribution is -0.123. The Balaban J connectivity index is 1.55. The van der Waals surface area contributed by atoms with Crippen LogP contribution >= 0.6 is 0 Å². The normalized spacial score (nSPS) is 22.2. The van der Waals surface area contributed by atoms with E-state index in [1.165, 1.54) is 4.31 Å². The van der Waals surface area contributed by atoms with Crippen molar-refractivity contribution in [3.05, 3.63) is 24.3 Å². The molecule has 1 aromatic carbocycles. The highest BCUT2D eigenvalue weighted by Crippen LogP contribution is 2.24. The standard InChI is InChI=1S/C21H34N4O4S/c1-15(2)13-20(22)21(26)24-16-9-12-25(14-16)30(27,28)19-5-3-17(4-6-19)29-18-7-10-23-11-8-18/h3-6,15-16,18,20,23H,7-14,22H2,1-2H3,(H,24,26)/t16-,20+/m1/s1. The third kappa shape index (κ3) is 5.94. The van der Waals surface area contributed by atoms with Crippen molar-refractivity contribution >= 4 is 15.9 Å². The first-order chi connectivity index (χ1) is 14.3. The van der Waals surface area contributed by atoms with Gasteiger partial charge in [0.05, 0.1) is 10.9 Å². The van der Waals surface area contributed by atoms with Gasteiger partial charge in [0, 0.05) is 19.1 Å². The Labute approximate surface area is 179 Å². The molecule has 0 aromatic heterocycles. The van der Waals surface area contributed by atoms with Crippen LogP contribution < -0.4 is 21.1 Å². The number of benzene rings is 1. The minimum Gasteiger partial charge on any atom is -0.490 e. The van der Waals surface area contributed by atoms with Crippen LogP contribution in [0.5, 0.6) is 5.75 Å². The number of carbonyl (C=O) groups excluding carboxylic acids is 1. The summed E-state index contributed by atoms with van der Waals surface area (Å²) in [5.74, 6) is 0.798. The third-order valence-electron chi connectivity index (χ3n) is 5.61. The Morgan fingerprint density at radius 2 is 1.90 bits per heavy atom. The maximum absolute atomic E-state index is 13.0. The van der Waals surface area contributed by atoms with E-state index in [1.54, 1.807) is 24.3 Å². The van der Waals surface area contributed by atoms with Crippen molar-refractivity contribution in [2.24, 2.45) is 11.7 Å². The van der Waals surface area contributed by atoms with Gasteiger partial charge in [-0.1, -0.05) is 13.8 Å². The van der Waals surface area contributed by atoms with Gasteiger partial charge in [-0.15, -0.1) is 0 Å². The number of carbonyl (C=O) groups is 1. The highest BCUT2D eigenvalue weighted by atomic mass is 32.2. The van der Waals surface area contributed by atoms with Gasteiger partial charge in [-0.05, 0) is 69.0 Å². The fourth-order valence-corrected chi connectivity index (χ4v) is 5.43. The van der Waals surface area contributed by atoms with Crippen LogP contribution in [0.4, 0.5) is 0 Å². The monoisotopic (exact) mass is 438 g/mol. The fraction of sp³-hybridized carbons (Fsp3) is 0.667. The van der Waals surface area contributed by atoms with Crippen molar-refractivity contribution in [1.29, 1.82) is 0 Å². The van der Waals surface area contributed by atoms with E-state index in [2.05, 4.69) is 10.6 Å². The first-order valence-electron chi connectivity index (χ1n) is 10.8. The molecule has 2 saturated heterocycles. The lowest BCUT2D eigenvalue weighted by Gasteiger charge is -2.24. The Hall–Kier alpha value is -1.68. The van der Waals surface area contributed by atoms with Crippen molar-refractivity contribution in [2.75, 3.05) is 26.2 Å². The number of sulfonamides is 1. The maximum atomic E-state index is 13.0. The van der Waals surface area contributed by atoms with E-state index in [4.69, 9.17) is 10.5 Å². The van der Waals surface area contributed by atoms with E-state index in [-0.39, 0.29) is 29.5 Å². The number of nitrogens with zero attached hydrogens (tertiary/aromatic N) is 1. The smallest absolute Gasteiger partial charge is 0.243 e.